The topological polar surface area (TPSA) is 92.4 Å². The average molecular weight is 242 g/mol. The van der Waals surface area contributed by atoms with Gasteiger partial charge in [-0.05, 0) is 39.5 Å². The molecule has 5 heteroatoms. The lowest BCUT2D eigenvalue weighted by Gasteiger charge is -2.38. The second-order valence-corrected chi connectivity index (χ2v) is 5.72. The van der Waals surface area contributed by atoms with Crippen molar-refractivity contribution in [2.45, 2.75) is 63.5 Å². The van der Waals surface area contributed by atoms with Gasteiger partial charge >= 0.3 is 5.97 Å². The molecule has 0 bridgehead atoms. The van der Waals surface area contributed by atoms with E-state index in [1.165, 1.54) is 0 Å². The monoisotopic (exact) mass is 242 g/mol. The maximum atomic E-state index is 11.8. The van der Waals surface area contributed by atoms with Gasteiger partial charge in [0.2, 0.25) is 5.91 Å². The molecule has 0 aliphatic heterocycles. The standard InChI is InChI=1S/C12H22N2O3/c1-11(2,7-4-10(16)17)14-9(15)8-12(13)5-3-6-12/h3-8,13H2,1-2H3,(H,14,15)(H,16,17). The third-order valence-electron chi connectivity index (χ3n) is 3.30. The number of carboxylic acids is 1. The smallest absolute Gasteiger partial charge is 0.303 e. The fourth-order valence-electron chi connectivity index (χ4n) is 2.03. The van der Waals surface area contributed by atoms with Gasteiger partial charge < -0.3 is 16.2 Å². The summed E-state index contributed by atoms with van der Waals surface area (Å²) in [5.74, 6) is -0.927. The van der Waals surface area contributed by atoms with Gasteiger partial charge in [0, 0.05) is 23.9 Å². The number of carbonyl (C=O) groups excluding carboxylic acids is 1. The molecule has 98 valence electrons. The summed E-state index contributed by atoms with van der Waals surface area (Å²) in [6.07, 6.45) is 3.70. The Morgan fingerprint density at radius 3 is 2.41 bits per heavy atom. The van der Waals surface area contributed by atoms with Gasteiger partial charge in [-0.1, -0.05) is 0 Å². The number of aliphatic carboxylic acids is 1. The van der Waals surface area contributed by atoms with Crippen molar-refractivity contribution in [3.05, 3.63) is 0 Å². The molecule has 0 heterocycles. The van der Waals surface area contributed by atoms with E-state index in [9.17, 15) is 9.59 Å². The molecule has 0 aromatic rings. The summed E-state index contributed by atoms with van der Waals surface area (Å²) >= 11 is 0. The number of carboxylic acid groups (broad SMARTS) is 1. The highest BCUT2D eigenvalue weighted by atomic mass is 16.4. The minimum absolute atomic E-state index is 0.0566. The van der Waals surface area contributed by atoms with Crippen LogP contribution in [0.4, 0.5) is 0 Å². The van der Waals surface area contributed by atoms with Gasteiger partial charge in [-0.3, -0.25) is 9.59 Å². The Balaban J connectivity index is 2.35. The molecule has 1 aliphatic rings. The van der Waals surface area contributed by atoms with Gasteiger partial charge in [-0.2, -0.15) is 0 Å². The van der Waals surface area contributed by atoms with Gasteiger partial charge in [0.05, 0.1) is 0 Å². The first-order valence-electron chi connectivity index (χ1n) is 6.04. The molecule has 5 nitrogen and oxygen atoms in total. The Kier molecular flexibility index (Phi) is 4.14. The number of carbonyl (C=O) groups is 2. The van der Waals surface area contributed by atoms with E-state index < -0.39 is 11.5 Å². The number of hydrogen-bond donors (Lipinski definition) is 3. The zero-order chi connectivity index (χ0) is 13.1. The minimum atomic E-state index is -0.846. The summed E-state index contributed by atoms with van der Waals surface area (Å²) in [6.45, 7) is 3.66. The van der Waals surface area contributed by atoms with Gasteiger partial charge in [0.15, 0.2) is 0 Å². The zero-order valence-corrected chi connectivity index (χ0v) is 10.6. The zero-order valence-electron chi connectivity index (χ0n) is 10.6. The van der Waals surface area contributed by atoms with Gasteiger partial charge in [0.1, 0.15) is 0 Å². The molecule has 0 radical (unpaired) electrons. The summed E-state index contributed by atoms with van der Waals surface area (Å²) in [4.78, 5) is 22.3. The van der Waals surface area contributed by atoms with Crippen molar-refractivity contribution in [3.63, 3.8) is 0 Å². The highest BCUT2D eigenvalue weighted by Crippen LogP contribution is 2.32. The molecule has 17 heavy (non-hydrogen) atoms. The molecule has 1 rings (SSSR count). The first kappa shape index (κ1) is 14.0. The first-order valence-corrected chi connectivity index (χ1v) is 6.04. The van der Waals surface area contributed by atoms with Crippen LogP contribution < -0.4 is 11.1 Å². The number of rotatable bonds is 6. The van der Waals surface area contributed by atoms with Crippen LogP contribution in [0.5, 0.6) is 0 Å². The van der Waals surface area contributed by atoms with E-state index in [0.717, 1.165) is 19.3 Å². The predicted octanol–water partition coefficient (Wildman–Crippen LogP) is 1.02. The Bertz CT molecular complexity index is 309. The SMILES string of the molecule is CC(C)(CCC(=O)O)NC(=O)CC1(N)CCC1. The molecule has 0 atom stereocenters. The van der Waals surface area contributed by atoms with Crippen LogP contribution >= 0.6 is 0 Å². The van der Waals surface area contributed by atoms with Crippen LogP contribution in [0.1, 0.15) is 52.4 Å². The molecule has 0 spiro atoms. The minimum Gasteiger partial charge on any atom is -0.481 e. The number of hydrogen-bond acceptors (Lipinski definition) is 3. The van der Waals surface area contributed by atoms with Crippen molar-refractivity contribution < 1.29 is 14.7 Å². The van der Waals surface area contributed by atoms with Crippen LogP contribution in [0.2, 0.25) is 0 Å². The fourth-order valence-corrected chi connectivity index (χ4v) is 2.03. The van der Waals surface area contributed by atoms with Crippen molar-refractivity contribution >= 4 is 11.9 Å². The van der Waals surface area contributed by atoms with Gasteiger partial charge in [0.25, 0.3) is 0 Å². The molecule has 0 unspecified atom stereocenters. The Hall–Kier alpha value is -1.10. The normalized spacial score (nSPS) is 18.3. The number of nitrogens with two attached hydrogens (primary N) is 1. The molecule has 1 aliphatic carbocycles. The van der Waals surface area contributed by atoms with Crippen LogP contribution in [0, 0.1) is 0 Å². The van der Waals surface area contributed by atoms with Crippen molar-refractivity contribution in [1.82, 2.24) is 5.32 Å². The van der Waals surface area contributed by atoms with Crippen LogP contribution in [0.25, 0.3) is 0 Å². The fraction of sp³-hybridized carbons (Fsp3) is 0.833. The van der Waals surface area contributed by atoms with Crippen LogP contribution in [0.15, 0.2) is 0 Å². The summed E-state index contributed by atoms with van der Waals surface area (Å²) in [5, 5.41) is 11.5. The van der Waals surface area contributed by atoms with Crippen LogP contribution in [0.3, 0.4) is 0 Å². The molecule has 1 fully saturated rings. The first-order chi connectivity index (χ1) is 7.72. The summed E-state index contributed by atoms with van der Waals surface area (Å²) in [7, 11) is 0. The lowest BCUT2D eigenvalue weighted by Crippen LogP contribution is -2.53. The largest absolute Gasteiger partial charge is 0.481 e. The van der Waals surface area contributed by atoms with E-state index in [4.69, 9.17) is 10.8 Å². The molecule has 0 saturated heterocycles. The Morgan fingerprint density at radius 1 is 1.41 bits per heavy atom. The molecule has 4 N–H and O–H groups in total. The Morgan fingerprint density at radius 2 is 2.00 bits per heavy atom. The summed E-state index contributed by atoms with van der Waals surface area (Å²) < 4.78 is 0. The van der Waals surface area contributed by atoms with Crippen LogP contribution in [-0.2, 0) is 9.59 Å². The van der Waals surface area contributed by atoms with E-state index in [1.807, 2.05) is 13.8 Å². The lowest BCUT2D eigenvalue weighted by molar-refractivity contribution is -0.138. The van der Waals surface area contributed by atoms with Crippen molar-refractivity contribution in [2.75, 3.05) is 0 Å². The molecular weight excluding hydrogens is 220 g/mol. The third-order valence-corrected chi connectivity index (χ3v) is 3.30. The van der Waals surface area contributed by atoms with E-state index >= 15 is 0 Å². The molecule has 0 aromatic carbocycles. The maximum Gasteiger partial charge on any atom is 0.303 e. The van der Waals surface area contributed by atoms with E-state index in [2.05, 4.69) is 5.32 Å². The van der Waals surface area contributed by atoms with E-state index in [-0.39, 0.29) is 17.9 Å². The predicted molar refractivity (Wildman–Crippen MR) is 64.5 cm³/mol. The maximum absolute atomic E-state index is 11.8. The number of amides is 1. The number of nitrogens with one attached hydrogen (secondary N) is 1. The van der Waals surface area contributed by atoms with Crippen molar-refractivity contribution in [3.8, 4) is 0 Å². The second-order valence-electron chi connectivity index (χ2n) is 5.72. The van der Waals surface area contributed by atoms with Crippen molar-refractivity contribution in [2.24, 2.45) is 5.73 Å². The lowest BCUT2D eigenvalue weighted by atomic mass is 9.75. The molecule has 1 amide bonds. The third kappa shape index (κ3) is 4.73. The molecule has 0 aromatic heterocycles. The van der Waals surface area contributed by atoms with E-state index in [1.54, 1.807) is 0 Å². The Labute approximate surface area is 102 Å². The average Bonchev–Trinajstić information content (AvgIpc) is 2.11. The summed E-state index contributed by atoms with van der Waals surface area (Å²) in [5.41, 5.74) is 5.17. The highest BCUT2D eigenvalue weighted by Gasteiger charge is 2.35. The molecule has 1 saturated carbocycles. The highest BCUT2D eigenvalue weighted by molar-refractivity contribution is 5.78. The van der Waals surface area contributed by atoms with Crippen LogP contribution in [-0.4, -0.2) is 28.1 Å². The van der Waals surface area contributed by atoms with Gasteiger partial charge in [-0.25, -0.2) is 0 Å². The van der Waals surface area contributed by atoms with Crippen molar-refractivity contribution in [1.29, 1.82) is 0 Å². The quantitative estimate of drug-likeness (QED) is 0.648. The van der Waals surface area contributed by atoms with E-state index in [0.29, 0.717) is 12.8 Å². The van der Waals surface area contributed by atoms with Gasteiger partial charge in [-0.15, -0.1) is 0 Å². The summed E-state index contributed by atoms with van der Waals surface area (Å²) in [6, 6.07) is 0. The second kappa shape index (κ2) is 5.04. The molecular formula is C12H22N2O3.